The zero-order valence-corrected chi connectivity index (χ0v) is 10.3. The molecule has 0 atom stereocenters. The molecule has 0 heterocycles. The van der Waals surface area contributed by atoms with E-state index in [1.807, 2.05) is 24.3 Å². The number of hydrogen-bond acceptors (Lipinski definition) is 2. The molecule has 0 saturated heterocycles. The molecule has 2 nitrogen and oxygen atoms in total. The first-order valence-electron chi connectivity index (χ1n) is 4.95. The zero-order valence-electron chi connectivity index (χ0n) is 9.37. The van der Waals surface area contributed by atoms with Crippen LogP contribution in [0.4, 0.5) is 5.69 Å². The van der Waals surface area contributed by atoms with Crippen LogP contribution >= 0.6 is 12.6 Å². The summed E-state index contributed by atoms with van der Waals surface area (Å²) in [6.07, 6.45) is 0. The highest BCUT2D eigenvalue weighted by atomic mass is 32.1. The molecule has 1 N–H and O–H groups in total. The van der Waals surface area contributed by atoms with Crippen LogP contribution in [0.2, 0.25) is 0 Å². The quantitative estimate of drug-likeness (QED) is 0.742. The number of amides is 1. The van der Waals surface area contributed by atoms with Crippen LogP contribution in [0.5, 0.6) is 0 Å². The average Bonchev–Trinajstić information content (AvgIpc) is 2.17. The van der Waals surface area contributed by atoms with E-state index >= 15 is 0 Å². The summed E-state index contributed by atoms with van der Waals surface area (Å²) in [4.78, 5) is 11.3. The van der Waals surface area contributed by atoms with Crippen LogP contribution in [0, 0.1) is 0 Å². The maximum absolute atomic E-state index is 11.3. The predicted molar refractivity (Wildman–Crippen MR) is 67.6 cm³/mol. The number of carbonyl (C=O) groups excluding carboxylic acids is 1. The molecule has 0 fully saturated rings. The van der Waals surface area contributed by atoms with Crippen molar-refractivity contribution in [2.75, 3.05) is 11.1 Å². The van der Waals surface area contributed by atoms with Crippen molar-refractivity contribution in [3.8, 4) is 0 Å². The fraction of sp³-hybridized carbons (Fsp3) is 0.417. The Hall–Kier alpha value is -0.960. The van der Waals surface area contributed by atoms with Crippen molar-refractivity contribution in [2.24, 2.45) is 0 Å². The minimum atomic E-state index is -0.0740. The van der Waals surface area contributed by atoms with Gasteiger partial charge < -0.3 is 5.32 Å². The molecule has 0 aliphatic rings. The van der Waals surface area contributed by atoms with Gasteiger partial charge in [0, 0.05) is 5.69 Å². The van der Waals surface area contributed by atoms with E-state index < -0.39 is 0 Å². The maximum atomic E-state index is 11.3. The lowest BCUT2D eigenvalue weighted by Gasteiger charge is -2.22. The summed E-state index contributed by atoms with van der Waals surface area (Å²) in [7, 11) is 0. The van der Waals surface area contributed by atoms with Crippen LogP contribution in [-0.4, -0.2) is 11.7 Å². The van der Waals surface area contributed by atoms with Gasteiger partial charge >= 0.3 is 0 Å². The van der Waals surface area contributed by atoms with Gasteiger partial charge in [-0.2, -0.15) is 12.6 Å². The molecule has 1 aromatic rings. The Balaban J connectivity index is 3.02. The molecule has 0 unspecified atom stereocenters. The molecule has 0 aromatic heterocycles. The van der Waals surface area contributed by atoms with Crippen molar-refractivity contribution in [1.82, 2.24) is 0 Å². The lowest BCUT2D eigenvalue weighted by atomic mass is 9.86. The largest absolute Gasteiger partial charge is 0.325 e. The summed E-state index contributed by atoms with van der Waals surface area (Å²) >= 11 is 3.94. The number of anilines is 1. The first-order chi connectivity index (χ1) is 6.95. The second-order valence-electron chi connectivity index (χ2n) is 4.50. The van der Waals surface area contributed by atoms with Crippen molar-refractivity contribution < 1.29 is 4.79 Å². The van der Waals surface area contributed by atoms with E-state index in [4.69, 9.17) is 0 Å². The number of hydrogen-bond donors (Lipinski definition) is 2. The van der Waals surface area contributed by atoms with E-state index in [2.05, 4.69) is 38.7 Å². The normalized spacial score (nSPS) is 11.2. The minimum absolute atomic E-state index is 0.0282. The molecule has 0 aliphatic carbocycles. The topological polar surface area (TPSA) is 29.1 Å². The molecule has 0 spiro atoms. The van der Waals surface area contributed by atoms with E-state index in [0.29, 0.717) is 0 Å². The average molecular weight is 223 g/mol. The standard InChI is InChI=1S/C12H17NOS/c1-12(2,3)9-6-4-5-7-10(9)13-11(14)8-15/h4-7,15H,8H2,1-3H3,(H,13,14). The number of nitrogens with one attached hydrogen (secondary N) is 1. The summed E-state index contributed by atoms with van der Waals surface area (Å²) < 4.78 is 0. The molecule has 15 heavy (non-hydrogen) atoms. The Morgan fingerprint density at radius 2 is 1.93 bits per heavy atom. The van der Waals surface area contributed by atoms with Gasteiger partial charge in [-0.1, -0.05) is 39.0 Å². The Bertz CT molecular complexity index is 355. The molecular weight excluding hydrogens is 206 g/mol. The summed E-state index contributed by atoms with van der Waals surface area (Å²) in [6.45, 7) is 6.37. The SMILES string of the molecule is CC(C)(C)c1ccccc1NC(=O)CS. The Morgan fingerprint density at radius 1 is 1.33 bits per heavy atom. The minimum Gasteiger partial charge on any atom is -0.325 e. The number of thiol groups is 1. The first-order valence-corrected chi connectivity index (χ1v) is 5.58. The fourth-order valence-corrected chi connectivity index (χ4v) is 1.51. The predicted octanol–water partition coefficient (Wildman–Crippen LogP) is 2.85. The van der Waals surface area contributed by atoms with Gasteiger partial charge in [0.15, 0.2) is 0 Å². The van der Waals surface area contributed by atoms with Crippen molar-refractivity contribution in [2.45, 2.75) is 26.2 Å². The van der Waals surface area contributed by atoms with Gasteiger partial charge in [0.25, 0.3) is 0 Å². The third-order valence-electron chi connectivity index (χ3n) is 2.15. The zero-order chi connectivity index (χ0) is 11.5. The molecule has 3 heteroatoms. The molecule has 0 radical (unpaired) electrons. The van der Waals surface area contributed by atoms with E-state index in [1.165, 1.54) is 0 Å². The third kappa shape index (κ3) is 3.27. The lowest BCUT2D eigenvalue weighted by Crippen LogP contribution is -2.19. The molecule has 1 rings (SSSR count). The highest BCUT2D eigenvalue weighted by Crippen LogP contribution is 2.29. The van der Waals surface area contributed by atoms with Gasteiger partial charge in [-0.15, -0.1) is 0 Å². The van der Waals surface area contributed by atoms with Crippen LogP contribution in [-0.2, 0) is 10.2 Å². The van der Waals surface area contributed by atoms with Crippen LogP contribution in [0.25, 0.3) is 0 Å². The fourth-order valence-electron chi connectivity index (χ4n) is 1.44. The van der Waals surface area contributed by atoms with Crippen LogP contribution in [0.3, 0.4) is 0 Å². The van der Waals surface area contributed by atoms with Gasteiger partial charge in [0.1, 0.15) is 0 Å². The summed E-state index contributed by atoms with van der Waals surface area (Å²) in [5.41, 5.74) is 2.05. The molecule has 0 bridgehead atoms. The van der Waals surface area contributed by atoms with Crippen molar-refractivity contribution in [1.29, 1.82) is 0 Å². The van der Waals surface area contributed by atoms with Crippen molar-refractivity contribution in [3.05, 3.63) is 29.8 Å². The van der Waals surface area contributed by atoms with Crippen LogP contribution in [0.15, 0.2) is 24.3 Å². The van der Waals surface area contributed by atoms with E-state index in [0.717, 1.165) is 11.3 Å². The molecule has 82 valence electrons. The van der Waals surface area contributed by atoms with E-state index in [-0.39, 0.29) is 17.1 Å². The van der Waals surface area contributed by atoms with Gasteiger partial charge in [-0.25, -0.2) is 0 Å². The van der Waals surface area contributed by atoms with Gasteiger partial charge in [-0.05, 0) is 17.0 Å². The smallest absolute Gasteiger partial charge is 0.234 e. The molecule has 0 saturated carbocycles. The molecule has 1 aromatic carbocycles. The monoisotopic (exact) mass is 223 g/mol. The highest BCUT2D eigenvalue weighted by Gasteiger charge is 2.17. The molecular formula is C12H17NOS. The molecule has 0 aliphatic heterocycles. The lowest BCUT2D eigenvalue weighted by molar-refractivity contribution is -0.113. The van der Waals surface area contributed by atoms with Crippen molar-refractivity contribution >= 4 is 24.2 Å². The Morgan fingerprint density at radius 3 is 2.47 bits per heavy atom. The number of rotatable bonds is 2. The maximum Gasteiger partial charge on any atom is 0.234 e. The van der Waals surface area contributed by atoms with Gasteiger partial charge in [0.05, 0.1) is 5.75 Å². The number of carbonyl (C=O) groups is 1. The second kappa shape index (κ2) is 4.71. The number of para-hydroxylation sites is 1. The number of benzene rings is 1. The van der Waals surface area contributed by atoms with Gasteiger partial charge in [0.2, 0.25) is 5.91 Å². The first kappa shape index (κ1) is 12.1. The van der Waals surface area contributed by atoms with Gasteiger partial charge in [-0.3, -0.25) is 4.79 Å². The van der Waals surface area contributed by atoms with Crippen LogP contribution < -0.4 is 5.32 Å². The van der Waals surface area contributed by atoms with Crippen molar-refractivity contribution in [3.63, 3.8) is 0 Å². The summed E-state index contributed by atoms with van der Waals surface area (Å²) in [5, 5.41) is 2.85. The van der Waals surface area contributed by atoms with E-state index in [9.17, 15) is 4.79 Å². The second-order valence-corrected chi connectivity index (χ2v) is 4.82. The Kier molecular flexibility index (Phi) is 3.80. The summed E-state index contributed by atoms with van der Waals surface area (Å²) in [6, 6.07) is 7.86. The summed E-state index contributed by atoms with van der Waals surface area (Å²) in [5.74, 6) is 0.133. The highest BCUT2D eigenvalue weighted by molar-refractivity contribution is 7.81. The van der Waals surface area contributed by atoms with Crippen LogP contribution in [0.1, 0.15) is 26.3 Å². The van der Waals surface area contributed by atoms with E-state index in [1.54, 1.807) is 0 Å². The third-order valence-corrected chi connectivity index (χ3v) is 2.44. The molecule has 1 amide bonds. The Labute approximate surface area is 96.5 Å².